The van der Waals surface area contributed by atoms with E-state index in [1.807, 2.05) is 19.1 Å². The topological polar surface area (TPSA) is 44.5 Å². The van der Waals surface area contributed by atoms with E-state index in [0.29, 0.717) is 25.5 Å². The normalized spacial score (nSPS) is 10.1. The van der Waals surface area contributed by atoms with Crippen molar-refractivity contribution in [1.82, 2.24) is 0 Å². The predicted octanol–water partition coefficient (Wildman–Crippen LogP) is 2.45. The highest BCUT2D eigenvalue weighted by Gasteiger charge is 2.00. The van der Waals surface area contributed by atoms with Crippen LogP contribution in [0, 0.1) is 0 Å². The van der Waals surface area contributed by atoms with Gasteiger partial charge in [-0.25, -0.2) is 0 Å². The minimum Gasteiger partial charge on any atom is -0.490 e. The van der Waals surface area contributed by atoms with Crippen molar-refractivity contribution in [2.24, 2.45) is 0 Å². The summed E-state index contributed by atoms with van der Waals surface area (Å²) in [7, 11) is 0. The van der Waals surface area contributed by atoms with Crippen molar-refractivity contribution in [3.63, 3.8) is 0 Å². The van der Waals surface area contributed by atoms with Gasteiger partial charge in [0.2, 0.25) is 0 Å². The highest BCUT2D eigenvalue weighted by molar-refractivity contribution is 9.10. The lowest BCUT2D eigenvalue weighted by Gasteiger charge is -2.08. The summed E-state index contributed by atoms with van der Waals surface area (Å²) in [6, 6.07) is 5.46. The highest BCUT2D eigenvalue weighted by atomic mass is 79.9. The van der Waals surface area contributed by atoms with Gasteiger partial charge in [0.15, 0.2) is 0 Å². The first-order chi connectivity index (χ1) is 6.74. The van der Waals surface area contributed by atoms with Gasteiger partial charge in [-0.1, -0.05) is 0 Å². The first kappa shape index (κ1) is 11.3. The van der Waals surface area contributed by atoms with Gasteiger partial charge < -0.3 is 15.2 Å². The van der Waals surface area contributed by atoms with Gasteiger partial charge in [0, 0.05) is 12.3 Å². The second kappa shape index (κ2) is 5.88. The summed E-state index contributed by atoms with van der Waals surface area (Å²) < 4.78 is 11.5. The Labute approximate surface area is 92.3 Å². The smallest absolute Gasteiger partial charge is 0.133 e. The minimum absolute atomic E-state index is 0.552. The number of nitrogens with two attached hydrogens (primary N) is 1. The Kier molecular flexibility index (Phi) is 4.76. The number of nitrogen functional groups attached to an aromatic ring is 1. The maximum Gasteiger partial charge on any atom is 0.133 e. The van der Waals surface area contributed by atoms with Crippen LogP contribution in [-0.4, -0.2) is 19.8 Å². The molecule has 1 aromatic rings. The Morgan fingerprint density at radius 2 is 2.14 bits per heavy atom. The van der Waals surface area contributed by atoms with E-state index in [9.17, 15) is 0 Å². The van der Waals surface area contributed by atoms with Crippen LogP contribution in [0.2, 0.25) is 0 Å². The highest BCUT2D eigenvalue weighted by Crippen LogP contribution is 2.26. The van der Waals surface area contributed by atoms with E-state index in [4.69, 9.17) is 15.2 Å². The van der Waals surface area contributed by atoms with Gasteiger partial charge in [-0.3, -0.25) is 0 Å². The molecule has 0 aliphatic rings. The van der Waals surface area contributed by atoms with Crippen molar-refractivity contribution in [1.29, 1.82) is 0 Å². The SMILES string of the molecule is CCOCCOc1ccc(N)cc1Br. The van der Waals surface area contributed by atoms with Gasteiger partial charge in [-0.05, 0) is 41.1 Å². The van der Waals surface area contributed by atoms with Crippen molar-refractivity contribution in [2.75, 3.05) is 25.6 Å². The molecule has 14 heavy (non-hydrogen) atoms. The number of ether oxygens (including phenoxy) is 2. The molecule has 0 bridgehead atoms. The average Bonchev–Trinajstić information content (AvgIpc) is 2.15. The quantitative estimate of drug-likeness (QED) is 0.653. The van der Waals surface area contributed by atoms with Crippen LogP contribution < -0.4 is 10.5 Å². The van der Waals surface area contributed by atoms with Crippen molar-refractivity contribution in [2.45, 2.75) is 6.92 Å². The molecule has 4 heteroatoms. The van der Waals surface area contributed by atoms with Gasteiger partial charge in [0.05, 0.1) is 11.1 Å². The van der Waals surface area contributed by atoms with Gasteiger partial charge in [-0.15, -0.1) is 0 Å². The van der Waals surface area contributed by atoms with Gasteiger partial charge >= 0.3 is 0 Å². The van der Waals surface area contributed by atoms with Crippen LogP contribution in [0.3, 0.4) is 0 Å². The fraction of sp³-hybridized carbons (Fsp3) is 0.400. The molecular formula is C10H14BrNO2. The molecule has 0 atom stereocenters. The summed E-state index contributed by atoms with van der Waals surface area (Å²) in [5.74, 6) is 0.791. The van der Waals surface area contributed by atoms with Crippen LogP contribution in [0.4, 0.5) is 5.69 Å². The Hall–Kier alpha value is -0.740. The summed E-state index contributed by atoms with van der Waals surface area (Å²) in [6.45, 7) is 3.83. The van der Waals surface area contributed by atoms with Crippen LogP contribution in [0.5, 0.6) is 5.75 Å². The third kappa shape index (κ3) is 3.55. The lowest BCUT2D eigenvalue weighted by atomic mass is 10.3. The Bertz CT molecular complexity index is 291. The molecule has 0 radical (unpaired) electrons. The molecule has 1 aromatic carbocycles. The van der Waals surface area contributed by atoms with Crippen molar-refractivity contribution in [3.8, 4) is 5.75 Å². The van der Waals surface area contributed by atoms with E-state index in [-0.39, 0.29) is 0 Å². The van der Waals surface area contributed by atoms with Gasteiger partial charge in [0.1, 0.15) is 12.4 Å². The Balaban J connectivity index is 2.42. The molecule has 0 spiro atoms. The summed E-state index contributed by atoms with van der Waals surface area (Å²) in [4.78, 5) is 0. The summed E-state index contributed by atoms with van der Waals surface area (Å²) in [5, 5.41) is 0. The summed E-state index contributed by atoms with van der Waals surface area (Å²) in [5.41, 5.74) is 6.31. The molecular weight excluding hydrogens is 246 g/mol. The van der Waals surface area contributed by atoms with E-state index in [0.717, 1.165) is 10.2 Å². The zero-order valence-electron chi connectivity index (χ0n) is 8.13. The zero-order chi connectivity index (χ0) is 10.4. The number of halogens is 1. The fourth-order valence-corrected chi connectivity index (χ4v) is 1.50. The van der Waals surface area contributed by atoms with Crippen LogP contribution in [0.15, 0.2) is 22.7 Å². The molecule has 0 unspecified atom stereocenters. The number of benzene rings is 1. The average molecular weight is 260 g/mol. The molecule has 0 aliphatic heterocycles. The van der Waals surface area contributed by atoms with E-state index >= 15 is 0 Å². The lowest BCUT2D eigenvalue weighted by molar-refractivity contribution is 0.110. The third-order valence-electron chi connectivity index (χ3n) is 1.65. The first-order valence-corrected chi connectivity index (χ1v) is 5.29. The van der Waals surface area contributed by atoms with Crippen molar-refractivity contribution in [3.05, 3.63) is 22.7 Å². The molecule has 0 heterocycles. The van der Waals surface area contributed by atoms with Crippen LogP contribution in [0.25, 0.3) is 0 Å². The Morgan fingerprint density at radius 1 is 1.36 bits per heavy atom. The Morgan fingerprint density at radius 3 is 2.79 bits per heavy atom. The summed E-state index contributed by atoms with van der Waals surface area (Å²) in [6.07, 6.45) is 0. The largest absolute Gasteiger partial charge is 0.490 e. The van der Waals surface area contributed by atoms with Gasteiger partial charge in [-0.2, -0.15) is 0 Å². The van der Waals surface area contributed by atoms with E-state index in [1.165, 1.54) is 0 Å². The summed E-state index contributed by atoms with van der Waals surface area (Å²) >= 11 is 3.37. The molecule has 0 aromatic heterocycles. The fourth-order valence-electron chi connectivity index (χ4n) is 0.989. The van der Waals surface area contributed by atoms with E-state index < -0.39 is 0 Å². The first-order valence-electron chi connectivity index (χ1n) is 4.49. The standard InChI is InChI=1S/C10H14BrNO2/c1-2-13-5-6-14-10-4-3-8(12)7-9(10)11/h3-4,7H,2,5-6,12H2,1H3. The molecule has 2 N–H and O–H groups in total. The van der Waals surface area contributed by atoms with Crippen molar-refractivity contribution < 1.29 is 9.47 Å². The molecule has 78 valence electrons. The monoisotopic (exact) mass is 259 g/mol. The second-order valence-electron chi connectivity index (χ2n) is 2.74. The molecule has 1 rings (SSSR count). The van der Waals surface area contributed by atoms with E-state index in [2.05, 4.69) is 15.9 Å². The molecule has 0 aliphatic carbocycles. The number of hydrogen-bond acceptors (Lipinski definition) is 3. The van der Waals surface area contributed by atoms with Crippen LogP contribution in [-0.2, 0) is 4.74 Å². The lowest BCUT2D eigenvalue weighted by Crippen LogP contribution is -2.06. The maximum atomic E-state index is 5.59. The van der Waals surface area contributed by atoms with Crippen LogP contribution >= 0.6 is 15.9 Å². The number of hydrogen-bond donors (Lipinski definition) is 1. The molecule has 0 saturated heterocycles. The maximum absolute atomic E-state index is 5.59. The molecule has 0 amide bonds. The second-order valence-corrected chi connectivity index (χ2v) is 3.59. The molecule has 0 saturated carbocycles. The minimum atomic E-state index is 0.552. The molecule has 3 nitrogen and oxygen atoms in total. The van der Waals surface area contributed by atoms with Crippen LogP contribution in [0.1, 0.15) is 6.92 Å². The molecule has 0 fully saturated rings. The van der Waals surface area contributed by atoms with Crippen molar-refractivity contribution >= 4 is 21.6 Å². The zero-order valence-corrected chi connectivity index (χ0v) is 9.71. The van der Waals surface area contributed by atoms with E-state index in [1.54, 1.807) is 6.07 Å². The predicted molar refractivity (Wildman–Crippen MR) is 60.5 cm³/mol. The third-order valence-corrected chi connectivity index (χ3v) is 2.27. The number of rotatable bonds is 5. The van der Waals surface area contributed by atoms with Gasteiger partial charge in [0.25, 0.3) is 0 Å². The number of anilines is 1.